The van der Waals surface area contributed by atoms with Gasteiger partial charge in [0, 0.05) is 35.2 Å². The lowest BCUT2D eigenvalue weighted by Gasteiger charge is -2.06. The van der Waals surface area contributed by atoms with Crippen molar-refractivity contribution in [3.8, 4) is 11.3 Å². The highest BCUT2D eigenvalue weighted by atomic mass is 16.5. The zero-order valence-electron chi connectivity index (χ0n) is 16.8. The molecule has 0 saturated carbocycles. The molecule has 2 heterocycles. The molecule has 0 unspecified atom stereocenters. The van der Waals surface area contributed by atoms with Gasteiger partial charge in [-0.05, 0) is 39.3 Å². The van der Waals surface area contributed by atoms with Crippen LogP contribution in [0.25, 0.3) is 22.2 Å². The number of nitrogens with zero attached hydrogens (tertiary/aromatic N) is 3. The number of hydrogen-bond donors (Lipinski definition) is 0. The van der Waals surface area contributed by atoms with Gasteiger partial charge in [0.05, 0.1) is 12.3 Å². The van der Waals surface area contributed by atoms with Gasteiger partial charge in [-0.1, -0.05) is 38.0 Å². The van der Waals surface area contributed by atoms with Crippen molar-refractivity contribution < 1.29 is 9.53 Å². The summed E-state index contributed by atoms with van der Waals surface area (Å²) in [4.78, 5) is 12.5. The van der Waals surface area contributed by atoms with Gasteiger partial charge in [-0.2, -0.15) is 5.10 Å². The van der Waals surface area contributed by atoms with Crippen LogP contribution < -0.4 is 0 Å². The highest BCUT2D eigenvalue weighted by Gasteiger charge is 2.21. The molecule has 0 amide bonds. The summed E-state index contributed by atoms with van der Waals surface area (Å²) in [5.74, 6) is -0.301. The molecule has 0 aliphatic rings. The van der Waals surface area contributed by atoms with E-state index in [-0.39, 0.29) is 5.97 Å². The number of aryl methyl sites for hydroxylation is 2. The Morgan fingerprint density at radius 2 is 1.93 bits per heavy atom. The molecule has 0 saturated heterocycles. The Morgan fingerprint density at radius 1 is 1.15 bits per heavy atom. The fourth-order valence-electron chi connectivity index (χ4n) is 3.75. The van der Waals surface area contributed by atoms with E-state index >= 15 is 0 Å². The molecule has 5 heteroatoms. The number of rotatable bonds is 8. The first-order valence-corrected chi connectivity index (χ1v) is 9.95. The molecule has 5 nitrogen and oxygen atoms in total. The van der Waals surface area contributed by atoms with Crippen LogP contribution >= 0.6 is 0 Å². The maximum atomic E-state index is 12.5. The topological polar surface area (TPSA) is 49.0 Å². The van der Waals surface area contributed by atoms with E-state index in [0.717, 1.165) is 43.6 Å². The summed E-state index contributed by atoms with van der Waals surface area (Å²) in [5.41, 5.74) is 4.86. The summed E-state index contributed by atoms with van der Waals surface area (Å²) in [6.07, 6.45) is 3.25. The van der Waals surface area contributed by atoms with Crippen LogP contribution in [0.3, 0.4) is 0 Å². The Labute approximate surface area is 160 Å². The standard InChI is InChI=1S/C22H29N3O2/c1-5-8-11-14-25-20(22(26)27-7-3)15-18(23-25)21-16(4)24(6-2)19-13-10-9-12-17(19)21/h9-10,12-13,15H,5-8,11,14H2,1-4H3. The quantitative estimate of drug-likeness (QED) is 0.406. The number of ether oxygens (including phenoxy) is 1. The molecule has 0 bridgehead atoms. The lowest BCUT2D eigenvalue weighted by molar-refractivity contribution is 0.0511. The van der Waals surface area contributed by atoms with Gasteiger partial charge in [0.2, 0.25) is 0 Å². The average Bonchev–Trinajstić information content (AvgIpc) is 3.20. The van der Waals surface area contributed by atoms with Gasteiger partial charge in [0.25, 0.3) is 0 Å². The number of hydrogen-bond acceptors (Lipinski definition) is 3. The molecule has 0 atom stereocenters. The fraction of sp³-hybridized carbons (Fsp3) is 0.455. The minimum atomic E-state index is -0.301. The lowest BCUT2D eigenvalue weighted by Crippen LogP contribution is -2.13. The summed E-state index contributed by atoms with van der Waals surface area (Å²) >= 11 is 0. The van der Waals surface area contributed by atoms with Crippen LogP contribution in [-0.4, -0.2) is 26.9 Å². The van der Waals surface area contributed by atoms with Crippen LogP contribution in [0.5, 0.6) is 0 Å². The van der Waals surface area contributed by atoms with Gasteiger partial charge in [-0.25, -0.2) is 4.79 Å². The van der Waals surface area contributed by atoms with Crippen LogP contribution in [0.15, 0.2) is 30.3 Å². The predicted octanol–water partition coefficient (Wildman–Crippen LogP) is 5.20. The second-order valence-electron chi connectivity index (χ2n) is 6.79. The highest BCUT2D eigenvalue weighted by molar-refractivity contribution is 5.98. The van der Waals surface area contributed by atoms with Crippen molar-refractivity contribution >= 4 is 16.9 Å². The molecule has 3 aromatic rings. The molecule has 27 heavy (non-hydrogen) atoms. The third-order valence-electron chi connectivity index (χ3n) is 5.04. The van der Waals surface area contributed by atoms with E-state index in [0.29, 0.717) is 12.3 Å². The highest BCUT2D eigenvalue weighted by Crippen LogP contribution is 2.34. The van der Waals surface area contributed by atoms with E-state index in [1.807, 2.05) is 17.7 Å². The van der Waals surface area contributed by atoms with Crippen molar-refractivity contribution in [2.24, 2.45) is 0 Å². The van der Waals surface area contributed by atoms with Gasteiger partial charge in [0.15, 0.2) is 0 Å². The molecule has 2 aromatic heterocycles. The number of carbonyl (C=O) groups excluding carboxylic acids is 1. The van der Waals surface area contributed by atoms with Crippen molar-refractivity contribution in [2.75, 3.05) is 6.61 Å². The maximum Gasteiger partial charge on any atom is 0.356 e. The van der Waals surface area contributed by atoms with E-state index in [2.05, 4.69) is 49.6 Å². The number of para-hydroxylation sites is 1. The molecule has 0 aliphatic carbocycles. The summed E-state index contributed by atoms with van der Waals surface area (Å²) in [7, 11) is 0. The third kappa shape index (κ3) is 3.64. The van der Waals surface area contributed by atoms with Gasteiger partial charge in [-0.3, -0.25) is 4.68 Å². The second-order valence-corrected chi connectivity index (χ2v) is 6.79. The van der Waals surface area contributed by atoms with Gasteiger partial charge in [-0.15, -0.1) is 0 Å². The SMILES string of the molecule is CCCCCn1nc(-c2c(C)n(CC)c3ccccc23)cc1C(=O)OCC. The summed E-state index contributed by atoms with van der Waals surface area (Å²) in [6, 6.07) is 10.3. The molecule has 3 rings (SSSR count). The van der Waals surface area contributed by atoms with E-state index < -0.39 is 0 Å². The summed E-state index contributed by atoms with van der Waals surface area (Å²) in [6.45, 7) is 10.3. The number of aromatic nitrogens is 3. The zero-order valence-corrected chi connectivity index (χ0v) is 16.8. The molecular formula is C22H29N3O2. The average molecular weight is 367 g/mol. The fourth-order valence-corrected chi connectivity index (χ4v) is 3.75. The van der Waals surface area contributed by atoms with E-state index in [4.69, 9.17) is 9.84 Å². The van der Waals surface area contributed by atoms with Crippen LogP contribution in [-0.2, 0) is 17.8 Å². The number of benzene rings is 1. The summed E-state index contributed by atoms with van der Waals surface area (Å²) in [5, 5.41) is 5.99. The monoisotopic (exact) mass is 367 g/mol. The smallest absolute Gasteiger partial charge is 0.356 e. The minimum absolute atomic E-state index is 0.301. The molecule has 0 spiro atoms. The van der Waals surface area contributed by atoms with E-state index in [1.165, 1.54) is 16.6 Å². The lowest BCUT2D eigenvalue weighted by atomic mass is 10.1. The molecule has 0 aliphatic heterocycles. The first-order valence-electron chi connectivity index (χ1n) is 9.95. The zero-order chi connectivity index (χ0) is 19.4. The van der Waals surface area contributed by atoms with Gasteiger partial charge < -0.3 is 9.30 Å². The number of fused-ring (bicyclic) bond motifs is 1. The van der Waals surface area contributed by atoms with Gasteiger partial charge >= 0.3 is 5.97 Å². The number of unbranched alkanes of at least 4 members (excludes halogenated alkanes) is 2. The van der Waals surface area contributed by atoms with Crippen molar-refractivity contribution in [3.63, 3.8) is 0 Å². The van der Waals surface area contributed by atoms with E-state index in [9.17, 15) is 4.79 Å². The van der Waals surface area contributed by atoms with Crippen LogP contribution in [0.1, 0.15) is 56.2 Å². The van der Waals surface area contributed by atoms with Crippen molar-refractivity contribution in [3.05, 3.63) is 41.7 Å². The first kappa shape index (κ1) is 19.2. The number of carbonyl (C=O) groups is 1. The Bertz CT molecular complexity index is 937. The second kappa shape index (κ2) is 8.42. The number of esters is 1. The molecule has 1 aromatic carbocycles. The minimum Gasteiger partial charge on any atom is -0.461 e. The molecule has 144 valence electrons. The Hall–Kier alpha value is -2.56. The third-order valence-corrected chi connectivity index (χ3v) is 5.04. The van der Waals surface area contributed by atoms with Crippen LogP contribution in [0.4, 0.5) is 0 Å². The normalized spacial score (nSPS) is 11.3. The van der Waals surface area contributed by atoms with Crippen molar-refractivity contribution in [2.45, 2.75) is 60.0 Å². The van der Waals surface area contributed by atoms with Gasteiger partial charge in [0.1, 0.15) is 5.69 Å². The molecular weight excluding hydrogens is 338 g/mol. The van der Waals surface area contributed by atoms with Crippen LogP contribution in [0.2, 0.25) is 0 Å². The van der Waals surface area contributed by atoms with Crippen LogP contribution in [0, 0.1) is 6.92 Å². The first-order chi connectivity index (χ1) is 13.1. The Balaban J connectivity index is 2.12. The molecule has 0 fully saturated rings. The molecule has 0 radical (unpaired) electrons. The molecule has 0 N–H and O–H groups in total. The largest absolute Gasteiger partial charge is 0.461 e. The predicted molar refractivity (Wildman–Crippen MR) is 109 cm³/mol. The van der Waals surface area contributed by atoms with Crippen molar-refractivity contribution in [1.82, 2.24) is 14.3 Å². The summed E-state index contributed by atoms with van der Waals surface area (Å²) < 4.78 is 9.38. The van der Waals surface area contributed by atoms with E-state index in [1.54, 1.807) is 0 Å². The maximum absolute atomic E-state index is 12.5. The van der Waals surface area contributed by atoms with Crippen molar-refractivity contribution in [1.29, 1.82) is 0 Å². The Kier molecular flexibility index (Phi) is 5.99. The Morgan fingerprint density at radius 3 is 2.63 bits per heavy atom.